The zero-order chi connectivity index (χ0) is 42.3. The average molecular weight is 864 g/mol. The predicted molar refractivity (Wildman–Crippen MR) is 229 cm³/mol. The van der Waals surface area contributed by atoms with Crippen LogP contribution in [0, 0.1) is 51.8 Å². The number of pyridine rings is 2. The van der Waals surface area contributed by atoms with E-state index < -0.39 is 20.2 Å². The Bertz CT molecular complexity index is 2590. The summed E-state index contributed by atoms with van der Waals surface area (Å²) in [6.45, 7) is 18.2. The van der Waals surface area contributed by atoms with Crippen LogP contribution in [-0.4, -0.2) is 82.4 Å². The van der Waals surface area contributed by atoms with Crippen molar-refractivity contribution in [2.45, 2.75) is 118 Å². The maximum absolute atomic E-state index is 13.2. The molecule has 10 atom stereocenters. The number of nitrogens with one attached hydrogen (secondary N) is 2. The van der Waals surface area contributed by atoms with Crippen molar-refractivity contribution in [1.29, 1.82) is 0 Å². The second-order valence-corrected chi connectivity index (χ2v) is 24.2. The molecule has 1 aliphatic heterocycles. The Morgan fingerprint density at radius 1 is 0.783 bits per heavy atom. The molecule has 5 saturated carbocycles. The van der Waals surface area contributed by atoms with Gasteiger partial charge < -0.3 is 9.47 Å². The van der Waals surface area contributed by atoms with Gasteiger partial charge in [0.05, 0.1) is 12.9 Å². The SMILES string of the molecule is C[C@@H]1CC[C@H](COc2cc3nnc(NS(=O)(=O)N4CCC4)n3cc2C2CC2C2CC2c2cn3c(NS(C)(=O)=O)nnc3cc2O[C@@H]2C[C@@H]3CC[C@@]2(C)C3(C)C)[C@H](C)C1(C)C. The number of ether oxygens (including phenoxy) is 2. The van der Waals surface area contributed by atoms with Crippen molar-refractivity contribution in [3.63, 3.8) is 0 Å². The third-order valence-electron chi connectivity index (χ3n) is 17.3. The lowest BCUT2D eigenvalue weighted by atomic mass is 9.59. The van der Waals surface area contributed by atoms with Crippen molar-refractivity contribution in [2.75, 3.05) is 35.4 Å². The van der Waals surface area contributed by atoms with Gasteiger partial charge in [0.2, 0.25) is 21.9 Å². The minimum absolute atomic E-state index is 0.0468. The van der Waals surface area contributed by atoms with Gasteiger partial charge in [-0.25, -0.2) is 13.1 Å². The molecule has 10 rings (SSSR count). The van der Waals surface area contributed by atoms with E-state index in [1.807, 2.05) is 24.5 Å². The molecule has 4 aromatic rings. The number of hydrogen-bond acceptors (Lipinski definition) is 10. The Kier molecular flexibility index (Phi) is 9.18. The Morgan fingerprint density at radius 2 is 1.38 bits per heavy atom. The second kappa shape index (κ2) is 13.6. The number of nitrogens with zero attached hydrogens (tertiary/aromatic N) is 7. The van der Waals surface area contributed by atoms with Crippen LogP contribution in [0.3, 0.4) is 0 Å². The number of aromatic nitrogens is 6. The van der Waals surface area contributed by atoms with Gasteiger partial charge in [-0.1, -0.05) is 48.5 Å². The van der Waals surface area contributed by atoms with Crippen molar-refractivity contribution in [3.8, 4) is 11.5 Å². The molecular formula is C43H61N9O6S2. The molecule has 6 fully saturated rings. The first-order valence-corrected chi connectivity index (χ1v) is 25.4. The number of fused-ring (bicyclic) bond motifs is 4. The summed E-state index contributed by atoms with van der Waals surface area (Å²) in [5.41, 5.74) is 3.59. The van der Waals surface area contributed by atoms with Crippen LogP contribution in [0.4, 0.5) is 11.9 Å². The summed E-state index contributed by atoms with van der Waals surface area (Å²) in [5, 5.41) is 17.2. The van der Waals surface area contributed by atoms with E-state index in [0.29, 0.717) is 66.5 Å². The van der Waals surface area contributed by atoms with E-state index in [0.717, 1.165) is 67.4 Å². The van der Waals surface area contributed by atoms with Crippen LogP contribution < -0.4 is 18.9 Å². The first-order chi connectivity index (χ1) is 28.2. The normalized spacial score (nSPS) is 34.4. The highest BCUT2D eigenvalue weighted by Crippen LogP contribution is 2.69. The van der Waals surface area contributed by atoms with Gasteiger partial charge in [0, 0.05) is 54.2 Å². The van der Waals surface area contributed by atoms with E-state index >= 15 is 0 Å². The summed E-state index contributed by atoms with van der Waals surface area (Å²) in [7, 11) is -7.33. The fourth-order valence-electron chi connectivity index (χ4n) is 11.8. The standard InChI is InChI=1S/C43H61N9O6S2/c1-24-10-11-26(25(2)41(24,3)4)23-57-34-19-37-44-47-40(49-60(55,56)50-14-9-15-50)52(37)21-32(34)30-17-28(30)29-18-31(29)33-22-51-38(45-46-39(51)48-59(8,53)54)20-35(33)58-36-16-27-12-13-43(36,7)42(27,5)6/h19-22,24-31,36H,9-18,23H2,1-8H3,(H,46,48)(H,47,49)/t24-,25+,26-,27+,28?,29?,30?,31?,36-,43-/m1/s1. The lowest BCUT2D eigenvalue weighted by Crippen LogP contribution is -2.45. The third-order valence-corrected chi connectivity index (χ3v) is 19.3. The van der Waals surface area contributed by atoms with Gasteiger partial charge in [-0.3, -0.25) is 13.5 Å². The predicted octanol–water partition coefficient (Wildman–Crippen LogP) is 7.09. The first-order valence-electron chi connectivity index (χ1n) is 22.1. The van der Waals surface area contributed by atoms with Gasteiger partial charge >= 0.3 is 10.2 Å². The number of rotatable bonds is 13. The molecule has 5 heterocycles. The summed E-state index contributed by atoms with van der Waals surface area (Å²) in [4.78, 5) is 0. The van der Waals surface area contributed by atoms with Crippen molar-refractivity contribution in [2.24, 2.45) is 51.8 Å². The molecule has 326 valence electrons. The van der Waals surface area contributed by atoms with Crippen molar-refractivity contribution >= 4 is 43.4 Å². The van der Waals surface area contributed by atoms with E-state index in [2.05, 4.69) is 78.3 Å². The molecule has 60 heavy (non-hydrogen) atoms. The van der Waals surface area contributed by atoms with Gasteiger partial charge in [-0.05, 0) is 110 Å². The smallest absolute Gasteiger partial charge is 0.303 e. The molecule has 15 nitrogen and oxygen atoms in total. The Labute approximate surface area is 354 Å². The third kappa shape index (κ3) is 6.56. The van der Waals surface area contributed by atoms with Crippen LogP contribution in [0.1, 0.15) is 123 Å². The van der Waals surface area contributed by atoms with E-state index in [-0.39, 0.29) is 46.1 Å². The average Bonchev–Trinajstić information content (AvgIpc) is 4.01. The highest BCUT2D eigenvalue weighted by molar-refractivity contribution is 7.92. The maximum atomic E-state index is 13.2. The molecule has 4 aromatic heterocycles. The van der Waals surface area contributed by atoms with Crippen molar-refractivity contribution < 1.29 is 26.3 Å². The highest BCUT2D eigenvalue weighted by atomic mass is 32.2. The molecule has 4 unspecified atom stereocenters. The molecule has 2 N–H and O–H groups in total. The molecule has 17 heteroatoms. The molecular weight excluding hydrogens is 803 g/mol. The van der Waals surface area contributed by atoms with Crippen LogP contribution in [-0.2, 0) is 20.2 Å². The van der Waals surface area contributed by atoms with Crippen LogP contribution in [0.5, 0.6) is 11.5 Å². The summed E-state index contributed by atoms with van der Waals surface area (Å²) < 4.78 is 75.0. The minimum atomic E-state index is -3.75. The Morgan fingerprint density at radius 3 is 1.93 bits per heavy atom. The lowest BCUT2D eigenvalue weighted by molar-refractivity contribution is 0.0117. The first kappa shape index (κ1) is 40.4. The van der Waals surface area contributed by atoms with Crippen molar-refractivity contribution in [3.05, 3.63) is 35.7 Å². The van der Waals surface area contributed by atoms with Crippen LogP contribution in [0.25, 0.3) is 11.3 Å². The zero-order valence-corrected chi connectivity index (χ0v) is 37.8. The van der Waals surface area contributed by atoms with Gasteiger partial charge in [-0.15, -0.1) is 20.4 Å². The molecule has 5 aliphatic carbocycles. The Balaban J connectivity index is 0.960. The number of anilines is 2. The van der Waals surface area contributed by atoms with E-state index in [1.54, 1.807) is 8.80 Å². The second-order valence-electron chi connectivity index (χ2n) is 20.8. The zero-order valence-electron chi connectivity index (χ0n) is 36.2. The van der Waals surface area contributed by atoms with Gasteiger partial charge in [0.15, 0.2) is 11.3 Å². The Hall–Kier alpha value is -3.70. The molecule has 6 aliphatic rings. The maximum Gasteiger partial charge on any atom is 0.303 e. The quantitative estimate of drug-likeness (QED) is 0.141. The fourth-order valence-corrected chi connectivity index (χ4v) is 13.5. The van der Waals surface area contributed by atoms with Gasteiger partial charge in [0.1, 0.15) is 17.6 Å². The summed E-state index contributed by atoms with van der Waals surface area (Å²) in [5.74, 6) is 5.20. The monoisotopic (exact) mass is 863 g/mol. The van der Waals surface area contributed by atoms with E-state index in [9.17, 15) is 16.8 Å². The van der Waals surface area contributed by atoms with Crippen LogP contribution in [0.2, 0.25) is 0 Å². The van der Waals surface area contributed by atoms with E-state index in [1.165, 1.54) is 17.1 Å². The lowest BCUT2D eigenvalue weighted by Gasteiger charge is -2.46. The fraction of sp³-hybridized carbons (Fsp3) is 0.721. The van der Waals surface area contributed by atoms with E-state index in [4.69, 9.17) is 9.47 Å². The molecule has 0 spiro atoms. The van der Waals surface area contributed by atoms with Crippen LogP contribution >= 0.6 is 0 Å². The van der Waals surface area contributed by atoms with Crippen LogP contribution in [0.15, 0.2) is 24.5 Å². The molecule has 0 amide bonds. The van der Waals surface area contributed by atoms with Crippen molar-refractivity contribution in [1.82, 2.24) is 33.5 Å². The minimum Gasteiger partial charge on any atom is -0.493 e. The topological polar surface area (TPSA) is 174 Å². The molecule has 0 aromatic carbocycles. The molecule has 2 bridgehead atoms. The largest absolute Gasteiger partial charge is 0.493 e. The number of hydrogen-bond donors (Lipinski definition) is 2. The summed E-state index contributed by atoms with van der Waals surface area (Å²) in [6.07, 6.45) is 13.6. The van der Waals surface area contributed by atoms with Gasteiger partial charge in [0.25, 0.3) is 0 Å². The highest BCUT2D eigenvalue weighted by Gasteiger charge is 2.63. The number of sulfonamides is 1. The molecule has 0 radical (unpaired) electrons. The van der Waals surface area contributed by atoms with Gasteiger partial charge in [-0.2, -0.15) is 12.7 Å². The summed E-state index contributed by atoms with van der Waals surface area (Å²) >= 11 is 0. The molecule has 1 saturated heterocycles. The summed E-state index contributed by atoms with van der Waals surface area (Å²) in [6, 6.07) is 3.88.